The van der Waals surface area contributed by atoms with Crippen LogP contribution in [0.4, 0.5) is 0 Å². The molecule has 0 spiro atoms. The monoisotopic (exact) mass is 678 g/mol. The Morgan fingerprint density at radius 2 is 0.860 bits per heavy atom. The van der Waals surface area contributed by atoms with Crippen LogP contribution >= 0.6 is 0 Å². The van der Waals surface area contributed by atoms with E-state index in [1.807, 2.05) is 36.4 Å². The highest BCUT2D eigenvalue weighted by Crippen LogP contribution is 2.29. The largest absolute Gasteiger partial charge is 0.507 e. The first-order chi connectivity index (χ1) is 23.5. The quantitative estimate of drug-likeness (QED) is 0.102. The number of carboxylic acids is 2. The molecule has 0 atom stereocenters. The fourth-order valence-corrected chi connectivity index (χ4v) is 4.37. The molecule has 0 amide bonds. The highest BCUT2D eigenvalue weighted by molar-refractivity contribution is 5.94. The van der Waals surface area contributed by atoms with Gasteiger partial charge in [-0.05, 0) is 82.6 Å². The maximum absolute atomic E-state index is 11.9. The van der Waals surface area contributed by atoms with Crippen LogP contribution in [0, 0.1) is 0 Å². The Balaban J connectivity index is 0.000000214. The van der Waals surface area contributed by atoms with Crippen molar-refractivity contribution in [1.29, 1.82) is 0 Å². The predicted octanol–water partition coefficient (Wildman–Crippen LogP) is 9.47. The lowest BCUT2D eigenvalue weighted by Gasteiger charge is -2.19. The zero-order valence-electron chi connectivity index (χ0n) is 28.9. The van der Waals surface area contributed by atoms with Gasteiger partial charge in [0.25, 0.3) is 0 Å². The molecule has 0 aliphatic carbocycles. The molecule has 5 aromatic rings. The van der Waals surface area contributed by atoms with E-state index in [1.54, 1.807) is 54.6 Å². The van der Waals surface area contributed by atoms with Crippen LogP contribution in [0.5, 0.6) is 28.7 Å². The van der Waals surface area contributed by atoms with Gasteiger partial charge in [0.1, 0.15) is 45.4 Å². The van der Waals surface area contributed by atoms with E-state index in [0.717, 1.165) is 0 Å². The summed E-state index contributed by atoms with van der Waals surface area (Å²) < 4.78 is 10.9. The summed E-state index contributed by atoms with van der Waals surface area (Å²) in [6, 6.07) is 33.9. The average molecular weight is 679 g/mol. The Kier molecular flexibility index (Phi) is 12.9. The minimum absolute atomic E-state index is 0.0558. The molecule has 0 aromatic heterocycles. The first-order valence-corrected chi connectivity index (χ1v) is 15.7. The highest BCUT2D eigenvalue weighted by Gasteiger charge is 2.17. The second kappa shape index (κ2) is 16.8. The van der Waals surface area contributed by atoms with Gasteiger partial charge in [-0.2, -0.15) is 0 Å². The fourth-order valence-electron chi connectivity index (χ4n) is 4.37. The van der Waals surface area contributed by atoms with Crippen LogP contribution in [0.15, 0.2) is 121 Å². The van der Waals surface area contributed by atoms with E-state index >= 15 is 0 Å². The Morgan fingerprint density at radius 1 is 0.480 bits per heavy atom. The van der Waals surface area contributed by atoms with Crippen LogP contribution in [0.25, 0.3) is 0 Å². The van der Waals surface area contributed by atoms with Crippen molar-refractivity contribution in [1.82, 2.24) is 0 Å². The van der Waals surface area contributed by atoms with Gasteiger partial charge in [-0.3, -0.25) is 0 Å². The van der Waals surface area contributed by atoms with E-state index in [2.05, 4.69) is 41.5 Å². The molecule has 0 fully saturated rings. The molecule has 0 saturated carbocycles. The summed E-state index contributed by atoms with van der Waals surface area (Å²) in [6.45, 7) is 12.8. The smallest absolute Gasteiger partial charge is 0.347 e. The van der Waals surface area contributed by atoms with E-state index in [9.17, 15) is 19.5 Å². The van der Waals surface area contributed by atoms with Crippen LogP contribution in [0.2, 0.25) is 0 Å². The first-order valence-electron chi connectivity index (χ1n) is 15.7. The third-order valence-corrected chi connectivity index (χ3v) is 7.25. The average Bonchev–Trinajstić information content (AvgIpc) is 3.05. The highest BCUT2D eigenvalue weighted by atomic mass is 16.5. The number of rotatable bonds is 6. The molecular formula is C41H42O9. The topological polar surface area (TPSA) is 151 Å². The van der Waals surface area contributed by atoms with Crippen molar-refractivity contribution in [2.24, 2.45) is 0 Å². The SMILES string of the molecule is CC(C)(C)c1ccc(OC(=O)c2ccccc2O)cc1.CC(C)(C)c1ccc(Oc2ccccc2C(=O)O)cc1.O=C(O)c1ccccc1O. The molecule has 50 heavy (non-hydrogen) atoms. The van der Waals surface area contributed by atoms with E-state index in [-0.39, 0.29) is 39.0 Å². The number of aromatic hydroxyl groups is 2. The van der Waals surface area contributed by atoms with Gasteiger partial charge in [0.05, 0.1) is 0 Å². The Morgan fingerprint density at radius 3 is 1.26 bits per heavy atom. The fraction of sp³-hybridized carbons (Fsp3) is 0.195. The van der Waals surface area contributed by atoms with Gasteiger partial charge >= 0.3 is 17.9 Å². The minimum Gasteiger partial charge on any atom is -0.507 e. The molecule has 0 radical (unpaired) electrons. The third kappa shape index (κ3) is 11.3. The number of phenols is 2. The Hall–Kier alpha value is -6.09. The zero-order valence-corrected chi connectivity index (χ0v) is 28.9. The van der Waals surface area contributed by atoms with Gasteiger partial charge in [-0.15, -0.1) is 0 Å². The summed E-state index contributed by atoms with van der Waals surface area (Å²) in [5, 5.41) is 36.0. The number of benzene rings is 5. The lowest BCUT2D eigenvalue weighted by molar-refractivity contribution is 0.0682. The van der Waals surface area contributed by atoms with Crippen molar-refractivity contribution in [2.45, 2.75) is 52.4 Å². The van der Waals surface area contributed by atoms with Gasteiger partial charge in [-0.1, -0.05) is 102 Å². The molecule has 0 saturated heterocycles. The molecule has 0 aliphatic rings. The molecule has 4 N–H and O–H groups in total. The summed E-state index contributed by atoms with van der Waals surface area (Å²) >= 11 is 0. The summed E-state index contributed by atoms with van der Waals surface area (Å²) in [7, 11) is 0. The van der Waals surface area contributed by atoms with Crippen LogP contribution in [-0.2, 0) is 10.8 Å². The van der Waals surface area contributed by atoms with Crippen molar-refractivity contribution >= 4 is 17.9 Å². The molecule has 0 heterocycles. The van der Waals surface area contributed by atoms with E-state index in [0.29, 0.717) is 17.2 Å². The number of esters is 1. The lowest BCUT2D eigenvalue weighted by Crippen LogP contribution is -2.11. The van der Waals surface area contributed by atoms with Gasteiger partial charge in [-0.25, -0.2) is 14.4 Å². The maximum atomic E-state index is 11.9. The first kappa shape index (κ1) is 38.4. The standard InChI is InChI=1S/2C17H18O3.C7H6O3/c1-17(2,3)12-8-10-13(11-9-12)20-15-7-5-4-6-14(15)16(18)19;1-17(2,3)12-8-10-13(11-9-12)20-16(19)14-6-4-5-7-15(14)18;8-6-4-2-1-3-5(6)7(9)10/h4-11H,1-3H3,(H,18,19);4-11,18H,1-3H3;1-4,8H,(H,9,10). The van der Waals surface area contributed by atoms with E-state index in [4.69, 9.17) is 24.8 Å². The van der Waals surface area contributed by atoms with Crippen molar-refractivity contribution in [3.63, 3.8) is 0 Å². The molecular weight excluding hydrogens is 636 g/mol. The molecule has 0 aliphatic heterocycles. The number of hydrogen-bond acceptors (Lipinski definition) is 7. The summed E-state index contributed by atoms with van der Waals surface area (Å²) in [6.07, 6.45) is 0. The normalized spacial score (nSPS) is 10.8. The summed E-state index contributed by atoms with van der Waals surface area (Å²) in [4.78, 5) is 33.3. The molecule has 5 aromatic carbocycles. The van der Waals surface area contributed by atoms with Gasteiger partial charge in [0.2, 0.25) is 0 Å². The zero-order chi connectivity index (χ0) is 37.1. The summed E-state index contributed by atoms with van der Waals surface area (Å²) in [5.41, 5.74) is 2.76. The van der Waals surface area contributed by atoms with Gasteiger partial charge < -0.3 is 29.9 Å². The van der Waals surface area contributed by atoms with Crippen molar-refractivity contribution in [2.75, 3.05) is 0 Å². The number of hydrogen-bond donors (Lipinski definition) is 4. The predicted molar refractivity (Wildman–Crippen MR) is 192 cm³/mol. The Bertz CT molecular complexity index is 1900. The van der Waals surface area contributed by atoms with Crippen molar-refractivity contribution < 1.29 is 44.3 Å². The molecule has 0 unspecified atom stereocenters. The third-order valence-electron chi connectivity index (χ3n) is 7.25. The lowest BCUT2D eigenvalue weighted by atomic mass is 9.87. The van der Waals surface area contributed by atoms with E-state index in [1.165, 1.54) is 41.5 Å². The number of aromatic carboxylic acids is 2. The van der Waals surface area contributed by atoms with Gasteiger partial charge in [0.15, 0.2) is 0 Å². The maximum Gasteiger partial charge on any atom is 0.347 e. The number of carbonyl (C=O) groups excluding carboxylic acids is 1. The number of ether oxygens (including phenoxy) is 2. The van der Waals surface area contributed by atoms with Crippen LogP contribution < -0.4 is 9.47 Å². The number of para-hydroxylation sites is 3. The Labute approximate surface area is 292 Å². The second-order valence-electron chi connectivity index (χ2n) is 13.2. The molecule has 9 nitrogen and oxygen atoms in total. The van der Waals surface area contributed by atoms with Crippen LogP contribution in [-0.4, -0.2) is 38.3 Å². The van der Waals surface area contributed by atoms with Crippen molar-refractivity contribution in [3.05, 3.63) is 149 Å². The molecule has 0 bridgehead atoms. The molecule has 9 heteroatoms. The van der Waals surface area contributed by atoms with Crippen LogP contribution in [0.1, 0.15) is 83.7 Å². The molecule has 5 rings (SSSR count). The molecule has 260 valence electrons. The summed E-state index contributed by atoms with van der Waals surface area (Å²) in [5.74, 6) is -1.50. The van der Waals surface area contributed by atoms with E-state index < -0.39 is 17.9 Å². The van der Waals surface area contributed by atoms with Crippen LogP contribution in [0.3, 0.4) is 0 Å². The number of carboxylic acid groups (broad SMARTS) is 2. The number of phenolic OH excluding ortho intramolecular Hbond substituents is 1. The number of carbonyl (C=O) groups is 3. The second-order valence-corrected chi connectivity index (χ2v) is 13.2. The minimum atomic E-state index is -1.11. The van der Waals surface area contributed by atoms with Crippen molar-refractivity contribution in [3.8, 4) is 28.7 Å². The van der Waals surface area contributed by atoms with Gasteiger partial charge in [0, 0.05) is 0 Å².